The molecule has 0 amide bonds. The van der Waals surface area contributed by atoms with E-state index < -0.39 is 0 Å². The fourth-order valence-electron chi connectivity index (χ4n) is 1.42. The molecule has 0 aliphatic heterocycles. The average Bonchev–Trinajstić information content (AvgIpc) is 2.39. The zero-order valence-corrected chi connectivity index (χ0v) is 10.7. The first-order chi connectivity index (χ1) is 8.31. The third kappa shape index (κ3) is 3.19. The Labute approximate surface area is 109 Å². The molecule has 3 nitrogen and oxygen atoms in total. The summed E-state index contributed by atoms with van der Waals surface area (Å²) in [4.78, 5) is 8.25. The van der Waals surface area contributed by atoms with Crippen LogP contribution in [0, 0.1) is 0 Å². The molecule has 1 unspecified atom stereocenters. The first-order valence-corrected chi connectivity index (χ1v) is 6.44. The molecular formula is C12H12ClN3S. The Balaban J connectivity index is 2.19. The minimum atomic E-state index is 0.144. The Morgan fingerprint density at radius 3 is 2.65 bits per heavy atom. The van der Waals surface area contributed by atoms with Crippen LogP contribution in [-0.4, -0.2) is 16.5 Å². The lowest BCUT2D eigenvalue weighted by Crippen LogP contribution is -2.09. The van der Waals surface area contributed by atoms with Gasteiger partial charge < -0.3 is 5.73 Å². The summed E-state index contributed by atoms with van der Waals surface area (Å²) in [6, 6.07) is 7.57. The molecule has 2 N–H and O–H groups in total. The monoisotopic (exact) mass is 265 g/mol. The van der Waals surface area contributed by atoms with Crippen molar-refractivity contribution in [3.63, 3.8) is 0 Å². The molecule has 0 aliphatic carbocycles. The highest BCUT2D eigenvalue weighted by Gasteiger charge is 2.13. The molecule has 0 radical (unpaired) electrons. The molecule has 17 heavy (non-hydrogen) atoms. The van der Waals surface area contributed by atoms with Gasteiger partial charge in [0.15, 0.2) is 0 Å². The lowest BCUT2D eigenvalue weighted by Gasteiger charge is -2.14. The largest absolute Gasteiger partial charge is 0.329 e. The summed E-state index contributed by atoms with van der Waals surface area (Å²) >= 11 is 7.65. The Kier molecular flexibility index (Phi) is 4.36. The summed E-state index contributed by atoms with van der Waals surface area (Å²) in [5.41, 5.74) is 6.92. The Hall–Kier alpha value is -1.10. The first-order valence-electron chi connectivity index (χ1n) is 5.18. The van der Waals surface area contributed by atoms with Gasteiger partial charge in [-0.3, -0.25) is 4.98 Å². The number of rotatable bonds is 4. The van der Waals surface area contributed by atoms with E-state index in [0.29, 0.717) is 11.6 Å². The van der Waals surface area contributed by atoms with Crippen LogP contribution in [0.1, 0.15) is 10.8 Å². The number of hydrogen-bond donors (Lipinski definition) is 1. The summed E-state index contributed by atoms with van der Waals surface area (Å²) in [6.07, 6.45) is 5.26. The van der Waals surface area contributed by atoms with Gasteiger partial charge in [0.2, 0.25) is 0 Å². The highest BCUT2D eigenvalue weighted by molar-refractivity contribution is 7.99. The van der Waals surface area contributed by atoms with Crippen LogP contribution in [0.2, 0.25) is 5.02 Å². The lowest BCUT2D eigenvalue weighted by molar-refractivity contribution is 0.931. The molecule has 2 aromatic rings. The lowest BCUT2D eigenvalue weighted by atomic mass is 10.2. The van der Waals surface area contributed by atoms with Crippen LogP contribution in [0.5, 0.6) is 0 Å². The number of thioether (sulfide) groups is 1. The van der Waals surface area contributed by atoms with Gasteiger partial charge in [0.25, 0.3) is 0 Å². The van der Waals surface area contributed by atoms with E-state index in [9.17, 15) is 0 Å². The van der Waals surface area contributed by atoms with Gasteiger partial charge in [-0.05, 0) is 29.8 Å². The van der Waals surface area contributed by atoms with Crippen LogP contribution in [0.3, 0.4) is 0 Å². The molecule has 5 heteroatoms. The van der Waals surface area contributed by atoms with Gasteiger partial charge >= 0.3 is 0 Å². The molecule has 0 bridgehead atoms. The quantitative estimate of drug-likeness (QED) is 0.864. The maximum Gasteiger partial charge on any atom is 0.115 e. The summed E-state index contributed by atoms with van der Waals surface area (Å²) in [7, 11) is 0. The van der Waals surface area contributed by atoms with Gasteiger partial charge in [-0.1, -0.05) is 23.4 Å². The van der Waals surface area contributed by atoms with Gasteiger partial charge in [-0.2, -0.15) is 0 Å². The normalized spacial score (nSPS) is 12.4. The SMILES string of the molecule is NCC(Sc1ncccc1Cl)c1ccncc1. The maximum atomic E-state index is 6.08. The molecule has 0 aliphatic rings. The van der Waals surface area contributed by atoms with Crippen LogP contribution >= 0.6 is 23.4 Å². The zero-order chi connectivity index (χ0) is 12.1. The zero-order valence-electron chi connectivity index (χ0n) is 9.08. The van der Waals surface area contributed by atoms with Crippen molar-refractivity contribution in [3.05, 3.63) is 53.4 Å². The minimum Gasteiger partial charge on any atom is -0.329 e. The third-order valence-electron chi connectivity index (χ3n) is 2.27. The van der Waals surface area contributed by atoms with E-state index in [2.05, 4.69) is 9.97 Å². The molecule has 88 valence electrons. The van der Waals surface area contributed by atoms with E-state index in [1.165, 1.54) is 0 Å². The van der Waals surface area contributed by atoms with Crippen LogP contribution in [-0.2, 0) is 0 Å². The Bertz CT molecular complexity index is 478. The third-order valence-corrected chi connectivity index (χ3v) is 3.99. The van der Waals surface area contributed by atoms with E-state index in [1.54, 1.807) is 30.4 Å². The number of halogens is 1. The molecular weight excluding hydrogens is 254 g/mol. The molecule has 1 atom stereocenters. The van der Waals surface area contributed by atoms with Crippen molar-refractivity contribution in [3.8, 4) is 0 Å². The molecule has 0 aromatic carbocycles. The summed E-state index contributed by atoms with van der Waals surface area (Å²) in [6.45, 7) is 0.529. The van der Waals surface area contributed by atoms with E-state index in [4.69, 9.17) is 17.3 Å². The van der Waals surface area contributed by atoms with Crippen molar-refractivity contribution in [2.24, 2.45) is 5.73 Å². The van der Waals surface area contributed by atoms with Gasteiger partial charge in [-0.25, -0.2) is 4.98 Å². The summed E-state index contributed by atoms with van der Waals surface area (Å²) in [5, 5.41) is 1.61. The Morgan fingerprint density at radius 1 is 1.24 bits per heavy atom. The fraction of sp³-hybridized carbons (Fsp3) is 0.167. The van der Waals surface area contributed by atoms with Gasteiger partial charge in [0.05, 0.1) is 5.02 Å². The van der Waals surface area contributed by atoms with Crippen molar-refractivity contribution in [2.45, 2.75) is 10.3 Å². The average molecular weight is 266 g/mol. The number of nitrogens with zero attached hydrogens (tertiary/aromatic N) is 2. The smallest absolute Gasteiger partial charge is 0.115 e. The molecule has 0 spiro atoms. The molecule has 0 saturated heterocycles. The Morgan fingerprint density at radius 2 is 2.00 bits per heavy atom. The number of pyridine rings is 2. The van der Waals surface area contributed by atoms with E-state index in [1.807, 2.05) is 24.3 Å². The van der Waals surface area contributed by atoms with E-state index in [-0.39, 0.29) is 5.25 Å². The molecule has 0 fully saturated rings. The standard InChI is InChI=1S/C12H12ClN3S/c13-10-2-1-5-16-12(10)17-11(8-14)9-3-6-15-7-4-9/h1-7,11H,8,14H2. The second-order valence-corrected chi connectivity index (χ2v) is 5.01. The van der Waals surface area contributed by atoms with Crippen molar-refractivity contribution in [1.82, 2.24) is 9.97 Å². The summed E-state index contributed by atoms with van der Waals surface area (Å²) in [5.74, 6) is 0. The van der Waals surface area contributed by atoms with Crippen molar-refractivity contribution < 1.29 is 0 Å². The van der Waals surface area contributed by atoms with Crippen LogP contribution in [0.25, 0.3) is 0 Å². The van der Waals surface area contributed by atoms with Crippen LogP contribution in [0.15, 0.2) is 47.9 Å². The van der Waals surface area contributed by atoms with Crippen molar-refractivity contribution >= 4 is 23.4 Å². The molecule has 2 rings (SSSR count). The van der Waals surface area contributed by atoms with Crippen molar-refractivity contribution in [1.29, 1.82) is 0 Å². The maximum absolute atomic E-state index is 6.08. The minimum absolute atomic E-state index is 0.144. The molecule has 2 heterocycles. The number of aromatic nitrogens is 2. The number of nitrogens with two attached hydrogens (primary N) is 1. The molecule has 2 aromatic heterocycles. The predicted octanol–water partition coefficient (Wildman–Crippen LogP) is 2.92. The summed E-state index contributed by atoms with van der Waals surface area (Å²) < 4.78 is 0. The second-order valence-electron chi connectivity index (χ2n) is 3.41. The van der Waals surface area contributed by atoms with Crippen LogP contribution < -0.4 is 5.73 Å². The van der Waals surface area contributed by atoms with E-state index >= 15 is 0 Å². The van der Waals surface area contributed by atoms with Gasteiger partial charge in [0, 0.05) is 30.4 Å². The van der Waals surface area contributed by atoms with Gasteiger partial charge in [-0.15, -0.1) is 0 Å². The molecule has 0 saturated carbocycles. The van der Waals surface area contributed by atoms with E-state index in [0.717, 1.165) is 10.6 Å². The predicted molar refractivity (Wildman–Crippen MR) is 71.1 cm³/mol. The van der Waals surface area contributed by atoms with Crippen LogP contribution in [0.4, 0.5) is 0 Å². The number of hydrogen-bond acceptors (Lipinski definition) is 4. The van der Waals surface area contributed by atoms with Gasteiger partial charge in [0.1, 0.15) is 5.03 Å². The topological polar surface area (TPSA) is 51.8 Å². The highest BCUT2D eigenvalue weighted by Crippen LogP contribution is 2.36. The first kappa shape index (κ1) is 12.4. The fourth-order valence-corrected chi connectivity index (χ4v) is 2.64. The second kappa shape index (κ2) is 6.00. The van der Waals surface area contributed by atoms with Crippen molar-refractivity contribution in [2.75, 3.05) is 6.54 Å². The highest BCUT2D eigenvalue weighted by atomic mass is 35.5.